The summed E-state index contributed by atoms with van der Waals surface area (Å²) in [5.74, 6) is -7.16. The zero-order chi connectivity index (χ0) is 17.2. The number of rotatable bonds is 6. The molecule has 122 valence electrons. The van der Waals surface area contributed by atoms with Gasteiger partial charge in [-0.15, -0.1) is 0 Å². The van der Waals surface area contributed by atoms with E-state index in [-0.39, 0.29) is 6.54 Å². The maximum Gasteiger partial charge on any atom is 0.358 e. The molecular formula is C11H14N2O9. The Morgan fingerprint density at radius 2 is 1.82 bits per heavy atom. The third-order valence-corrected chi connectivity index (χ3v) is 3.18. The molecule has 0 fully saturated rings. The number of carboxylic acids is 4. The Labute approximate surface area is 123 Å². The number of hydrogen-bond acceptors (Lipinski definition) is 7. The summed E-state index contributed by atoms with van der Waals surface area (Å²) < 4.78 is 0. The summed E-state index contributed by atoms with van der Waals surface area (Å²) in [6, 6.07) is -2.96. The Kier molecular flexibility index (Phi) is 4.84. The van der Waals surface area contributed by atoms with E-state index in [1.807, 2.05) is 0 Å². The Morgan fingerprint density at radius 1 is 1.27 bits per heavy atom. The van der Waals surface area contributed by atoms with Crippen LogP contribution in [0.4, 0.5) is 0 Å². The molecule has 0 amide bonds. The van der Waals surface area contributed by atoms with Gasteiger partial charge in [0.15, 0.2) is 5.71 Å². The highest BCUT2D eigenvalue weighted by molar-refractivity contribution is 6.43. The smallest absolute Gasteiger partial charge is 0.358 e. The molecular weight excluding hydrogens is 304 g/mol. The highest BCUT2D eigenvalue weighted by atomic mass is 16.4. The molecule has 0 saturated heterocycles. The Hall–Kier alpha value is -2.53. The lowest BCUT2D eigenvalue weighted by molar-refractivity contribution is -0.185. The van der Waals surface area contributed by atoms with E-state index in [1.54, 1.807) is 0 Å². The van der Waals surface area contributed by atoms with Crippen molar-refractivity contribution in [2.24, 2.45) is 4.99 Å². The van der Waals surface area contributed by atoms with Gasteiger partial charge in [0.05, 0.1) is 13.0 Å². The second kappa shape index (κ2) is 6.07. The third-order valence-electron chi connectivity index (χ3n) is 3.18. The molecule has 0 radical (unpaired) electrons. The SMILES string of the molecule is CC1CN=C(C(=O)O)C(O)(C(=O)O)N1C(CC(=O)O)C(=O)O. The molecule has 0 saturated carbocycles. The average molecular weight is 318 g/mol. The van der Waals surface area contributed by atoms with Gasteiger partial charge in [0.2, 0.25) is 0 Å². The van der Waals surface area contributed by atoms with Crippen molar-refractivity contribution >= 4 is 29.6 Å². The second-order valence-electron chi connectivity index (χ2n) is 4.68. The lowest BCUT2D eigenvalue weighted by Crippen LogP contribution is -2.71. The van der Waals surface area contributed by atoms with E-state index in [0.29, 0.717) is 4.90 Å². The number of carbonyl (C=O) groups is 4. The van der Waals surface area contributed by atoms with E-state index >= 15 is 0 Å². The zero-order valence-electron chi connectivity index (χ0n) is 11.3. The largest absolute Gasteiger partial charge is 0.481 e. The number of aliphatic carboxylic acids is 4. The number of aliphatic hydroxyl groups is 1. The quantitative estimate of drug-likeness (QED) is 0.364. The monoisotopic (exact) mass is 318 g/mol. The summed E-state index contributed by atoms with van der Waals surface area (Å²) in [4.78, 5) is 48.4. The van der Waals surface area contributed by atoms with Crippen molar-refractivity contribution in [1.82, 2.24) is 4.90 Å². The highest BCUT2D eigenvalue weighted by Gasteiger charge is 2.58. The van der Waals surface area contributed by atoms with E-state index in [1.165, 1.54) is 6.92 Å². The minimum absolute atomic E-state index is 0.305. The van der Waals surface area contributed by atoms with Crippen LogP contribution in [0.1, 0.15) is 13.3 Å². The average Bonchev–Trinajstić information content (AvgIpc) is 2.36. The normalized spacial score (nSPS) is 26.8. The molecule has 1 aliphatic rings. The summed E-state index contributed by atoms with van der Waals surface area (Å²) in [6.45, 7) is 0.994. The van der Waals surface area contributed by atoms with Gasteiger partial charge in [-0.25, -0.2) is 14.5 Å². The van der Waals surface area contributed by atoms with Crippen molar-refractivity contribution in [2.45, 2.75) is 31.2 Å². The van der Waals surface area contributed by atoms with Gasteiger partial charge in [-0.05, 0) is 6.92 Å². The first-order valence-electron chi connectivity index (χ1n) is 6.00. The van der Waals surface area contributed by atoms with Crippen molar-refractivity contribution in [2.75, 3.05) is 6.54 Å². The predicted molar refractivity (Wildman–Crippen MR) is 67.5 cm³/mol. The van der Waals surface area contributed by atoms with Crippen LogP contribution in [0.2, 0.25) is 0 Å². The van der Waals surface area contributed by atoms with Crippen LogP contribution in [-0.2, 0) is 19.2 Å². The molecule has 11 nitrogen and oxygen atoms in total. The first kappa shape index (κ1) is 17.5. The first-order valence-corrected chi connectivity index (χ1v) is 6.00. The zero-order valence-corrected chi connectivity index (χ0v) is 11.3. The topological polar surface area (TPSA) is 185 Å². The van der Waals surface area contributed by atoms with Gasteiger partial charge >= 0.3 is 23.9 Å². The summed E-state index contributed by atoms with van der Waals surface area (Å²) in [5, 5.41) is 46.4. The number of aliphatic imine (C=N–C) groups is 1. The van der Waals surface area contributed by atoms with Crippen LogP contribution in [0.15, 0.2) is 4.99 Å². The van der Waals surface area contributed by atoms with Gasteiger partial charge in [-0.3, -0.25) is 14.6 Å². The van der Waals surface area contributed by atoms with Crippen LogP contribution < -0.4 is 0 Å². The van der Waals surface area contributed by atoms with Crippen LogP contribution in [-0.4, -0.2) is 84.4 Å². The molecule has 11 heteroatoms. The molecule has 0 aromatic heterocycles. The lowest BCUT2D eigenvalue weighted by atomic mass is 9.95. The fourth-order valence-corrected chi connectivity index (χ4v) is 2.29. The van der Waals surface area contributed by atoms with E-state index in [4.69, 9.17) is 15.3 Å². The van der Waals surface area contributed by atoms with E-state index in [2.05, 4.69) is 4.99 Å². The lowest BCUT2D eigenvalue weighted by Gasteiger charge is -2.44. The molecule has 3 unspecified atom stereocenters. The summed E-state index contributed by atoms with van der Waals surface area (Å²) in [6.07, 6.45) is -1.03. The van der Waals surface area contributed by atoms with E-state index < -0.39 is 53.8 Å². The molecule has 0 aromatic carbocycles. The Bertz CT molecular complexity index is 558. The second-order valence-corrected chi connectivity index (χ2v) is 4.68. The molecule has 1 rings (SSSR count). The van der Waals surface area contributed by atoms with Crippen LogP contribution in [0.5, 0.6) is 0 Å². The fraction of sp³-hybridized carbons (Fsp3) is 0.545. The maximum atomic E-state index is 11.4. The molecule has 3 atom stereocenters. The van der Waals surface area contributed by atoms with Gasteiger partial charge in [0.1, 0.15) is 6.04 Å². The molecule has 0 aromatic rings. The molecule has 22 heavy (non-hydrogen) atoms. The fourth-order valence-electron chi connectivity index (χ4n) is 2.29. The van der Waals surface area contributed by atoms with Gasteiger partial charge in [0.25, 0.3) is 5.72 Å². The standard InChI is InChI=1S/C11H14N2O9/c1-4-3-12-7(9(18)19)11(22,10(20)21)13(4)5(8(16)17)2-6(14)15/h4-5,22H,2-3H2,1H3,(H,14,15)(H,16,17)(H,18,19)(H,20,21). The molecule has 0 bridgehead atoms. The molecule has 0 aliphatic carbocycles. The Morgan fingerprint density at radius 3 is 2.18 bits per heavy atom. The number of hydrogen-bond donors (Lipinski definition) is 5. The molecule has 1 aliphatic heterocycles. The van der Waals surface area contributed by atoms with Gasteiger partial charge in [0, 0.05) is 6.04 Å². The van der Waals surface area contributed by atoms with Gasteiger partial charge < -0.3 is 25.5 Å². The predicted octanol–water partition coefficient (Wildman–Crippen LogP) is -2.08. The van der Waals surface area contributed by atoms with E-state index in [0.717, 1.165) is 0 Å². The van der Waals surface area contributed by atoms with Crippen LogP contribution in [0.25, 0.3) is 0 Å². The van der Waals surface area contributed by atoms with Crippen molar-refractivity contribution in [3.8, 4) is 0 Å². The van der Waals surface area contributed by atoms with Crippen molar-refractivity contribution in [3.63, 3.8) is 0 Å². The van der Waals surface area contributed by atoms with Crippen LogP contribution in [0.3, 0.4) is 0 Å². The van der Waals surface area contributed by atoms with Crippen LogP contribution in [0, 0.1) is 0 Å². The van der Waals surface area contributed by atoms with Gasteiger partial charge in [-0.1, -0.05) is 0 Å². The third kappa shape index (κ3) is 2.89. The minimum Gasteiger partial charge on any atom is -0.481 e. The Balaban J connectivity index is 3.48. The summed E-state index contributed by atoms with van der Waals surface area (Å²) >= 11 is 0. The van der Waals surface area contributed by atoms with Crippen molar-refractivity contribution in [3.05, 3.63) is 0 Å². The maximum absolute atomic E-state index is 11.4. The van der Waals surface area contributed by atoms with Crippen molar-refractivity contribution in [1.29, 1.82) is 0 Å². The van der Waals surface area contributed by atoms with Crippen molar-refractivity contribution < 1.29 is 44.7 Å². The van der Waals surface area contributed by atoms with Crippen LogP contribution >= 0.6 is 0 Å². The number of nitrogens with zero attached hydrogens (tertiary/aromatic N) is 2. The highest BCUT2D eigenvalue weighted by Crippen LogP contribution is 2.28. The minimum atomic E-state index is -3.25. The summed E-state index contributed by atoms with van der Waals surface area (Å²) in [5.41, 5.74) is -4.42. The first-order chi connectivity index (χ1) is 10.0. The molecule has 1 heterocycles. The van der Waals surface area contributed by atoms with E-state index in [9.17, 15) is 29.4 Å². The summed E-state index contributed by atoms with van der Waals surface area (Å²) in [7, 11) is 0. The van der Waals surface area contributed by atoms with Gasteiger partial charge in [-0.2, -0.15) is 0 Å². The molecule has 5 N–H and O–H groups in total. The molecule has 0 spiro atoms. The number of carboxylic acid groups (broad SMARTS) is 4.